The summed E-state index contributed by atoms with van der Waals surface area (Å²) in [7, 11) is 0.793. The maximum absolute atomic E-state index is 12.9. The topological polar surface area (TPSA) is 48.4 Å². The first-order valence-electron chi connectivity index (χ1n) is 5.00. The van der Waals surface area contributed by atoms with Crippen molar-refractivity contribution in [3.63, 3.8) is 0 Å². The van der Waals surface area contributed by atoms with Crippen LogP contribution in [0.15, 0.2) is 6.07 Å². The van der Waals surface area contributed by atoms with Crippen molar-refractivity contribution < 1.29 is 40.6 Å². The third kappa shape index (κ3) is 4.48. The van der Waals surface area contributed by atoms with Crippen molar-refractivity contribution in [2.75, 3.05) is 7.11 Å². The molecule has 1 heterocycles. The van der Waals surface area contributed by atoms with Crippen LogP contribution in [0.3, 0.4) is 0 Å². The highest BCUT2D eigenvalue weighted by Crippen LogP contribution is 2.37. The largest absolute Gasteiger partial charge is 0.574 e. The van der Waals surface area contributed by atoms with Crippen molar-refractivity contribution in [2.45, 2.75) is 17.9 Å². The summed E-state index contributed by atoms with van der Waals surface area (Å²) in [4.78, 5) is 14.5. The summed E-state index contributed by atoms with van der Waals surface area (Å²) in [6.45, 7) is 0. The first-order chi connectivity index (χ1) is 9.49. The highest BCUT2D eigenvalue weighted by molar-refractivity contribution is 9.08. The molecule has 0 saturated heterocycles. The number of alkyl halides is 7. The van der Waals surface area contributed by atoms with Crippen LogP contribution < -0.4 is 4.74 Å². The first-order valence-corrected chi connectivity index (χ1v) is 6.13. The van der Waals surface area contributed by atoms with E-state index in [1.165, 1.54) is 0 Å². The van der Waals surface area contributed by atoms with E-state index in [9.17, 15) is 31.1 Å². The molecule has 0 saturated carbocycles. The number of rotatable bonds is 3. The van der Waals surface area contributed by atoms with Gasteiger partial charge < -0.3 is 9.47 Å². The molecule has 0 aliphatic heterocycles. The molecule has 0 N–H and O–H groups in total. The van der Waals surface area contributed by atoms with Crippen molar-refractivity contribution in [3.05, 3.63) is 22.9 Å². The predicted molar refractivity (Wildman–Crippen MR) is 59.9 cm³/mol. The molecule has 21 heavy (non-hydrogen) atoms. The molecule has 0 unspecified atom stereocenters. The molecule has 0 aliphatic carbocycles. The normalized spacial score (nSPS) is 12.2. The van der Waals surface area contributed by atoms with E-state index in [4.69, 9.17) is 0 Å². The lowest BCUT2D eigenvalue weighted by Gasteiger charge is -2.16. The van der Waals surface area contributed by atoms with Gasteiger partial charge in [0.25, 0.3) is 0 Å². The fraction of sp³-hybridized carbons (Fsp3) is 0.400. The van der Waals surface area contributed by atoms with Gasteiger partial charge in [-0.2, -0.15) is 13.2 Å². The van der Waals surface area contributed by atoms with Gasteiger partial charge in [-0.05, 0) is 0 Å². The smallest absolute Gasteiger partial charge is 0.465 e. The number of carbonyl (C=O) groups is 1. The SMILES string of the molecule is COC(=O)c1cc(OC(F)(F)F)nc(CBr)c1C(F)(F)F. The van der Waals surface area contributed by atoms with E-state index in [1.807, 2.05) is 0 Å². The lowest BCUT2D eigenvalue weighted by atomic mass is 10.1. The second-order valence-electron chi connectivity index (χ2n) is 3.50. The van der Waals surface area contributed by atoms with Crippen molar-refractivity contribution >= 4 is 21.9 Å². The molecular formula is C10H6BrF6NO3. The number of methoxy groups -OCH3 is 1. The molecule has 118 valence electrons. The summed E-state index contributed by atoms with van der Waals surface area (Å²) >= 11 is 2.67. The molecule has 0 radical (unpaired) electrons. The second kappa shape index (κ2) is 6.08. The number of esters is 1. The van der Waals surface area contributed by atoms with E-state index >= 15 is 0 Å². The van der Waals surface area contributed by atoms with Crippen molar-refractivity contribution in [3.8, 4) is 5.88 Å². The molecule has 0 aliphatic rings. The van der Waals surface area contributed by atoms with E-state index in [2.05, 4.69) is 30.4 Å². The maximum atomic E-state index is 12.9. The maximum Gasteiger partial charge on any atom is 0.574 e. The first kappa shape index (κ1) is 17.5. The van der Waals surface area contributed by atoms with Crippen LogP contribution >= 0.6 is 15.9 Å². The Hall–Kier alpha value is -1.52. The van der Waals surface area contributed by atoms with Crippen LogP contribution in [0, 0.1) is 0 Å². The minimum Gasteiger partial charge on any atom is -0.465 e. The number of hydrogen-bond acceptors (Lipinski definition) is 4. The molecule has 0 amide bonds. The Morgan fingerprint density at radius 3 is 2.24 bits per heavy atom. The molecule has 1 aromatic rings. The molecule has 4 nitrogen and oxygen atoms in total. The Morgan fingerprint density at radius 2 is 1.86 bits per heavy atom. The van der Waals surface area contributed by atoms with Gasteiger partial charge in [0, 0.05) is 11.4 Å². The minimum absolute atomic E-state index is 0.230. The van der Waals surface area contributed by atoms with Gasteiger partial charge in [0.15, 0.2) is 0 Å². The van der Waals surface area contributed by atoms with E-state index in [0.29, 0.717) is 0 Å². The van der Waals surface area contributed by atoms with Crippen LogP contribution in [0.2, 0.25) is 0 Å². The monoisotopic (exact) mass is 381 g/mol. The molecule has 1 aromatic heterocycles. The van der Waals surface area contributed by atoms with Crippen LogP contribution in [0.4, 0.5) is 26.3 Å². The fourth-order valence-corrected chi connectivity index (χ4v) is 1.83. The Kier molecular flexibility index (Phi) is 5.07. The lowest BCUT2D eigenvalue weighted by molar-refractivity contribution is -0.276. The Morgan fingerprint density at radius 1 is 1.29 bits per heavy atom. The molecule has 11 heteroatoms. The summed E-state index contributed by atoms with van der Waals surface area (Å²) in [6, 6.07) is 0.230. The van der Waals surface area contributed by atoms with Gasteiger partial charge in [-0.3, -0.25) is 0 Å². The molecule has 0 atom stereocenters. The van der Waals surface area contributed by atoms with Crippen LogP contribution in [-0.2, 0) is 16.2 Å². The second-order valence-corrected chi connectivity index (χ2v) is 4.06. The van der Waals surface area contributed by atoms with Crippen LogP contribution in [-0.4, -0.2) is 24.4 Å². The third-order valence-corrected chi connectivity index (χ3v) is 2.64. The average molecular weight is 382 g/mol. The summed E-state index contributed by atoms with van der Waals surface area (Å²) in [6.07, 6.45) is -10.2. The number of aromatic nitrogens is 1. The summed E-state index contributed by atoms with van der Waals surface area (Å²) in [5.74, 6) is -2.65. The average Bonchev–Trinajstić information content (AvgIpc) is 2.33. The minimum atomic E-state index is -5.16. The summed E-state index contributed by atoms with van der Waals surface area (Å²) < 4.78 is 82.7. The van der Waals surface area contributed by atoms with Crippen molar-refractivity contribution in [1.82, 2.24) is 4.98 Å². The van der Waals surface area contributed by atoms with E-state index in [0.717, 1.165) is 7.11 Å². The van der Waals surface area contributed by atoms with Gasteiger partial charge in [0.2, 0.25) is 5.88 Å². The molecular weight excluding hydrogens is 376 g/mol. The van der Waals surface area contributed by atoms with Crippen molar-refractivity contribution in [1.29, 1.82) is 0 Å². The van der Waals surface area contributed by atoms with Gasteiger partial charge in [-0.1, -0.05) is 15.9 Å². The third-order valence-electron chi connectivity index (χ3n) is 2.11. The highest BCUT2D eigenvalue weighted by Gasteiger charge is 2.41. The Bertz CT molecular complexity index is 543. The van der Waals surface area contributed by atoms with E-state index < -0.39 is 46.5 Å². The summed E-state index contributed by atoms with van der Waals surface area (Å²) in [5.41, 5.74) is -3.43. The number of nitrogens with zero attached hydrogens (tertiary/aromatic N) is 1. The number of halogens is 7. The molecule has 0 bridgehead atoms. The van der Waals surface area contributed by atoms with Gasteiger partial charge in [0.05, 0.1) is 23.9 Å². The zero-order chi connectivity index (χ0) is 16.4. The van der Waals surface area contributed by atoms with E-state index in [1.54, 1.807) is 0 Å². The number of pyridine rings is 1. The van der Waals surface area contributed by atoms with Gasteiger partial charge in [0.1, 0.15) is 0 Å². The predicted octanol–water partition coefficient (Wildman–Crippen LogP) is 3.68. The quantitative estimate of drug-likeness (QED) is 0.455. The Balaban J connectivity index is 3.54. The number of carbonyl (C=O) groups excluding carboxylic acids is 1. The molecule has 0 aromatic carbocycles. The van der Waals surface area contributed by atoms with Crippen LogP contribution in [0.25, 0.3) is 0 Å². The highest BCUT2D eigenvalue weighted by atomic mass is 79.9. The number of hydrogen-bond donors (Lipinski definition) is 0. The van der Waals surface area contributed by atoms with Crippen LogP contribution in [0.5, 0.6) is 5.88 Å². The van der Waals surface area contributed by atoms with E-state index in [-0.39, 0.29) is 6.07 Å². The molecule has 1 rings (SSSR count). The molecule has 0 spiro atoms. The Labute approximate surface area is 122 Å². The number of ether oxygens (including phenoxy) is 2. The fourth-order valence-electron chi connectivity index (χ4n) is 1.43. The van der Waals surface area contributed by atoms with Gasteiger partial charge in [-0.25, -0.2) is 9.78 Å². The zero-order valence-electron chi connectivity index (χ0n) is 10.1. The standard InChI is InChI=1S/C10H6BrF6NO3/c1-20-8(19)4-2-6(21-10(15,16)17)18-5(3-11)7(4)9(12,13)14/h2H,3H2,1H3. The lowest BCUT2D eigenvalue weighted by Crippen LogP contribution is -2.22. The zero-order valence-corrected chi connectivity index (χ0v) is 11.7. The van der Waals surface area contributed by atoms with Crippen molar-refractivity contribution in [2.24, 2.45) is 0 Å². The van der Waals surface area contributed by atoms with Gasteiger partial charge in [-0.15, -0.1) is 13.2 Å². The van der Waals surface area contributed by atoms with Crippen LogP contribution in [0.1, 0.15) is 21.6 Å². The van der Waals surface area contributed by atoms with Gasteiger partial charge >= 0.3 is 18.5 Å². The molecule has 0 fully saturated rings. The summed E-state index contributed by atoms with van der Waals surface area (Å²) in [5, 5.41) is -0.541.